The van der Waals surface area contributed by atoms with Gasteiger partial charge in [-0.15, -0.1) is 0 Å². The Labute approximate surface area is 106 Å². The second kappa shape index (κ2) is 7.54. The number of rotatable bonds is 8. The molecule has 0 amide bonds. The third-order valence-corrected chi connectivity index (χ3v) is 3.21. The molecule has 1 N–H and O–H groups in total. The number of unbranched alkanes of at least 4 members (excludes halogenated alkanes) is 3. The molecule has 2 unspecified atom stereocenters. The van der Waals surface area contributed by atoms with Gasteiger partial charge in [0.2, 0.25) is 0 Å². The van der Waals surface area contributed by atoms with Crippen molar-refractivity contribution in [2.45, 2.75) is 71.9 Å². The van der Waals surface area contributed by atoms with Gasteiger partial charge < -0.3 is 9.73 Å². The number of nitrogens with one attached hydrogen (secondary N) is 1. The Hall–Kier alpha value is -0.760. The van der Waals surface area contributed by atoms with E-state index in [9.17, 15) is 0 Å². The summed E-state index contributed by atoms with van der Waals surface area (Å²) in [4.78, 5) is 0. The van der Waals surface area contributed by atoms with Crippen molar-refractivity contribution in [1.29, 1.82) is 0 Å². The highest BCUT2D eigenvalue weighted by Gasteiger charge is 2.11. The van der Waals surface area contributed by atoms with Crippen molar-refractivity contribution < 1.29 is 4.42 Å². The first-order valence-electron chi connectivity index (χ1n) is 6.96. The first-order valence-corrected chi connectivity index (χ1v) is 6.96. The van der Waals surface area contributed by atoms with Crippen molar-refractivity contribution in [2.24, 2.45) is 0 Å². The zero-order chi connectivity index (χ0) is 12.7. The average Bonchev–Trinajstić information content (AvgIpc) is 2.71. The topological polar surface area (TPSA) is 25.2 Å². The standard InChI is InChI=1S/C15H27NO/c1-5-6-7-8-9-12(2)16-14(4)15-11-10-13(3)17-15/h10-12,14,16H,5-9H2,1-4H3. The average molecular weight is 237 g/mol. The van der Waals surface area contributed by atoms with Crippen LogP contribution in [-0.4, -0.2) is 6.04 Å². The molecule has 0 bridgehead atoms. The number of furan rings is 1. The smallest absolute Gasteiger partial charge is 0.120 e. The van der Waals surface area contributed by atoms with Crippen molar-refractivity contribution >= 4 is 0 Å². The van der Waals surface area contributed by atoms with Crippen LogP contribution in [0.4, 0.5) is 0 Å². The fourth-order valence-corrected chi connectivity index (χ4v) is 2.16. The third kappa shape index (κ3) is 5.40. The molecule has 0 fully saturated rings. The number of hydrogen-bond donors (Lipinski definition) is 1. The third-order valence-electron chi connectivity index (χ3n) is 3.21. The van der Waals surface area contributed by atoms with Crippen LogP contribution in [0.1, 0.15) is 70.4 Å². The van der Waals surface area contributed by atoms with Gasteiger partial charge in [0, 0.05) is 6.04 Å². The van der Waals surface area contributed by atoms with E-state index >= 15 is 0 Å². The molecule has 1 aromatic heterocycles. The molecule has 0 spiro atoms. The van der Waals surface area contributed by atoms with Crippen molar-refractivity contribution in [3.63, 3.8) is 0 Å². The summed E-state index contributed by atoms with van der Waals surface area (Å²) >= 11 is 0. The summed E-state index contributed by atoms with van der Waals surface area (Å²) in [6.45, 7) is 8.67. The lowest BCUT2D eigenvalue weighted by molar-refractivity contribution is 0.374. The molecule has 98 valence electrons. The first-order chi connectivity index (χ1) is 8.13. The molecule has 0 saturated carbocycles. The SMILES string of the molecule is CCCCCCC(C)NC(C)c1ccc(C)o1. The Morgan fingerprint density at radius 1 is 1.18 bits per heavy atom. The Morgan fingerprint density at radius 3 is 2.53 bits per heavy atom. The molecule has 0 aliphatic carbocycles. The van der Waals surface area contributed by atoms with Gasteiger partial charge in [0.25, 0.3) is 0 Å². The van der Waals surface area contributed by atoms with Gasteiger partial charge in [-0.1, -0.05) is 32.6 Å². The molecule has 2 atom stereocenters. The predicted molar refractivity (Wildman–Crippen MR) is 73.2 cm³/mol. The highest BCUT2D eigenvalue weighted by molar-refractivity contribution is 5.08. The van der Waals surface area contributed by atoms with Gasteiger partial charge in [0.15, 0.2) is 0 Å². The summed E-state index contributed by atoms with van der Waals surface area (Å²) in [6.07, 6.45) is 6.61. The van der Waals surface area contributed by atoms with E-state index in [-0.39, 0.29) is 0 Å². The Balaban J connectivity index is 2.23. The maximum atomic E-state index is 5.63. The second-order valence-electron chi connectivity index (χ2n) is 5.09. The lowest BCUT2D eigenvalue weighted by Gasteiger charge is -2.18. The Bertz CT molecular complexity index is 306. The lowest BCUT2D eigenvalue weighted by Crippen LogP contribution is -2.28. The van der Waals surface area contributed by atoms with Crippen LogP contribution in [0.5, 0.6) is 0 Å². The summed E-state index contributed by atoms with van der Waals surface area (Å²) < 4.78 is 5.63. The van der Waals surface area contributed by atoms with E-state index in [0.29, 0.717) is 12.1 Å². The highest BCUT2D eigenvalue weighted by atomic mass is 16.3. The highest BCUT2D eigenvalue weighted by Crippen LogP contribution is 2.17. The molecule has 2 heteroatoms. The molecular formula is C15H27NO. The van der Waals surface area contributed by atoms with Crippen LogP contribution in [0.25, 0.3) is 0 Å². The molecule has 17 heavy (non-hydrogen) atoms. The van der Waals surface area contributed by atoms with Crippen molar-refractivity contribution in [2.75, 3.05) is 0 Å². The van der Waals surface area contributed by atoms with Gasteiger partial charge in [-0.3, -0.25) is 0 Å². The zero-order valence-corrected chi connectivity index (χ0v) is 11.8. The van der Waals surface area contributed by atoms with Crippen molar-refractivity contribution in [3.8, 4) is 0 Å². The Morgan fingerprint density at radius 2 is 1.94 bits per heavy atom. The maximum Gasteiger partial charge on any atom is 0.120 e. The van der Waals surface area contributed by atoms with Crippen LogP contribution >= 0.6 is 0 Å². The molecule has 0 aliphatic rings. The fraction of sp³-hybridized carbons (Fsp3) is 0.733. The quantitative estimate of drug-likeness (QED) is 0.669. The summed E-state index contributed by atoms with van der Waals surface area (Å²) in [5.41, 5.74) is 0. The lowest BCUT2D eigenvalue weighted by atomic mass is 10.1. The van der Waals surface area contributed by atoms with Gasteiger partial charge >= 0.3 is 0 Å². The monoisotopic (exact) mass is 237 g/mol. The fourth-order valence-electron chi connectivity index (χ4n) is 2.16. The molecule has 0 saturated heterocycles. The molecular weight excluding hydrogens is 210 g/mol. The number of hydrogen-bond acceptors (Lipinski definition) is 2. The normalized spacial score (nSPS) is 14.8. The van der Waals surface area contributed by atoms with E-state index < -0.39 is 0 Å². The van der Waals surface area contributed by atoms with E-state index in [0.717, 1.165) is 11.5 Å². The minimum Gasteiger partial charge on any atom is -0.465 e. The van der Waals surface area contributed by atoms with Gasteiger partial charge in [0.05, 0.1) is 6.04 Å². The maximum absolute atomic E-state index is 5.63. The molecule has 2 nitrogen and oxygen atoms in total. The molecule has 0 radical (unpaired) electrons. The molecule has 1 aromatic rings. The molecule has 1 heterocycles. The minimum absolute atomic E-state index is 0.310. The largest absolute Gasteiger partial charge is 0.465 e. The molecule has 0 aliphatic heterocycles. The van der Waals surface area contributed by atoms with E-state index in [1.165, 1.54) is 32.1 Å². The van der Waals surface area contributed by atoms with E-state index in [4.69, 9.17) is 4.42 Å². The van der Waals surface area contributed by atoms with Gasteiger partial charge in [-0.05, 0) is 39.3 Å². The number of aryl methyl sites for hydroxylation is 1. The first kappa shape index (κ1) is 14.3. The second-order valence-corrected chi connectivity index (χ2v) is 5.09. The van der Waals surface area contributed by atoms with Crippen molar-refractivity contribution in [1.82, 2.24) is 5.32 Å². The zero-order valence-electron chi connectivity index (χ0n) is 11.8. The van der Waals surface area contributed by atoms with E-state index in [1.807, 2.05) is 13.0 Å². The van der Waals surface area contributed by atoms with Crippen LogP contribution < -0.4 is 5.32 Å². The summed E-state index contributed by atoms with van der Waals surface area (Å²) in [7, 11) is 0. The van der Waals surface area contributed by atoms with Crippen LogP contribution in [0.2, 0.25) is 0 Å². The van der Waals surface area contributed by atoms with E-state index in [1.54, 1.807) is 0 Å². The van der Waals surface area contributed by atoms with Gasteiger partial charge in [-0.2, -0.15) is 0 Å². The summed E-state index contributed by atoms with van der Waals surface area (Å²) in [5.74, 6) is 2.03. The Kier molecular flexibility index (Phi) is 6.35. The van der Waals surface area contributed by atoms with Crippen LogP contribution in [0, 0.1) is 6.92 Å². The van der Waals surface area contributed by atoms with Gasteiger partial charge in [-0.25, -0.2) is 0 Å². The van der Waals surface area contributed by atoms with E-state index in [2.05, 4.69) is 32.2 Å². The molecule has 1 rings (SSSR count). The minimum atomic E-state index is 0.310. The molecule has 0 aromatic carbocycles. The van der Waals surface area contributed by atoms with Crippen LogP contribution in [0.15, 0.2) is 16.5 Å². The predicted octanol–water partition coefficient (Wildman–Crippen LogP) is 4.60. The summed E-state index contributed by atoms with van der Waals surface area (Å²) in [6, 6.07) is 4.97. The van der Waals surface area contributed by atoms with Gasteiger partial charge in [0.1, 0.15) is 11.5 Å². The van der Waals surface area contributed by atoms with Crippen molar-refractivity contribution in [3.05, 3.63) is 23.7 Å². The van der Waals surface area contributed by atoms with Crippen LogP contribution in [-0.2, 0) is 0 Å². The van der Waals surface area contributed by atoms with Crippen LogP contribution in [0.3, 0.4) is 0 Å². The summed E-state index contributed by atoms with van der Waals surface area (Å²) in [5, 5.41) is 3.59.